The van der Waals surface area contributed by atoms with Gasteiger partial charge in [0.2, 0.25) is 5.91 Å². The predicted octanol–water partition coefficient (Wildman–Crippen LogP) is 3.67. The van der Waals surface area contributed by atoms with E-state index in [0.717, 1.165) is 17.0 Å². The molecule has 1 aromatic heterocycles. The van der Waals surface area contributed by atoms with Crippen molar-refractivity contribution in [1.82, 2.24) is 10.3 Å². The average Bonchev–Trinajstić information content (AvgIpc) is 2.77. The van der Waals surface area contributed by atoms with Crippen molar-refractivity contribution in [2.45, 2.75) is 6.61 Å². The summed E-state index contributed by atoms with van der Waals surface area (Å²) >= 11 is 0. The number of anilines is 1. The third-order valence-corrected chi connectivity index (χ3v) is 4.04. The fraction of sp³-hybridized carbons (Fsp3) is 0.0870. The molecule has 0 radical (unpaired) electrons. The van der Waals surface area contributed by atoms with E-state index in [1.165, 1.54) is 6.08 Å². The normalized spacial score (nSPS) is 10.5. The zero-order valence-electron chi connectivity index (χ0n) is 16.0. The third-order valence-electron chi connectivity index (χ3n) is 4.04. The second kappa shape index (κ2) is 9.85. The number of carbonyl (C=O) groups is 2. The molecular formula is C23H21N3O3. The zero-order valence-corrected chi connectivity index (χ0v) is 16.0. The first-order valence-electron chi connectivity index (χ1n) is 9.08. The van der Waals surface area contributed by atoms with Crippen LogP contribution in [0, 0.1) is 0 Å². The lowest BCUT2D eigenvalue weighted by Gasteiger charge is -2.06. The summed E-state index contributed by atoms with van der Waals surface area (Å²) < 4.78 is 5.69. The van der Waals surface area contributed by atoms with Gasteiger partial charge in [0.1, 0.15) is 12.4 Å². The average molecular weight is 387 g/mol. The topological polar surface area (TPSA) is 80.3 Å². The summed E-state index contributed by atoms with van der Waals surface area (Å²) in [6.45, 7) is 0.396. The number of amides is 2. The highest BCUT2D eigenvalue weighted by Crippen LogP contribution is 2.15. The molecule has 2 aromatic carbocycles. The Kier molecular flexibility index (Phi) is 6.73. The van der Waals surface area contributed by atoms with Crippen molar-refractivity contribution in [2.24, 2.45) is 0 Å². The Morgan fingerprint density at radius 3 is 2.59 bits per heavy atom. The lowest BCUT2D eigenvalue weighted by Crippen LogP contribution is -2.18. The van der Waals surface area contributed by atoms with Gasteiger partial charge in [0, 0.05) is 30.6 Å². The van der Waals surface area contributed by atoms with Gasteiger partial charge in [-0.2, -0.15) is 0 Å². The van der Waals surface area contributed by atoms with Crippen molar-refractivity contribution in [3.8, 4) is 5.75 Å². The SMILES string of the molecule is CNC(=O)c1cccc(NC(=O)/C=C/c2ccc(OCc3ccccn3)cc2)c1. The third kappa shape index (κ3) is 6.04. The van der Waals surface area contributed by atoms with Gasteiger partial charge < -0.3 is 15.4 Å². The van der Waals surface area contributed by atoms with E-state index in [0.29, 0.717) is 17.9 Å². The van der Waals surface area contributed by atoms with Crippen molar-refractivity contribution in [3.05, 3.63) is 95.8 Å². The maximum absolute atomic E-state index is 12.1. The van der Waals surface area contributed by atoms with Crippen LogP contribution >= 0.6 is 0 Å². The van der Waals surface area contributed by atoms with E-state index in [-0.39, 0.29) is 11.8 Å². The summed E-state index contributed by atoms with van der Waals surface area (Å²) in [5.74, 6) is 0.236. The van der Waals surface area contributed by atoms with Crippen LogP contribution < -0.4 is 15.4 Å². The van der Waals surface area contributed by atoms with Gasteiger partial charge in [0.25, 0.3) is 5.91 Å². The Balaban J connectivity index is 1.54. The second-order valence-corrected chi connectivity index (χ2v) is 6.16. The molecule has 146 valence electrons. The Morgan fingerprint density at radius 1 is 1.03 bits per heavy atom. The number of benzene rings is 2. The van der Waals surface area contributed by atoms with E-state index in [1.807, 2.05) is 42.5 Å². The van der Waals surface area contributed by atoms with Crippen LogP contribution in [0.4, 0.5) is 5.69 Å². The van der Waals surface area contributed by atoms with Gasteiger partial charge in [-0.25, -0.2) is 0 Å². The first-order valence-corrected chi connectivity index (χ1v) is 9.08. The van der Waals surface area contributed by atoms with Crippen LogP contribution in [0.15, 0.2) is 79.0 Å². The Hall–Kier alpha value is -3.93. The van der Waals surface area contributed by atoms with Crippen LogP contribution in [0.1, 0.15) is 21.6 Å². The van der Waals surface area contributed by atoms with Crippen LogP contribution in [-0.4, -0.2) is 23.8 Å². The van der Waals surface area contributed by atoms with E-state index in [2.05, 4.69) is 15.6 Å². The quantitative estimate of drug-likeness (QED) is 0.606. The van der Waals surface area contributed by atoms with Gasteiger partial charge in [0.05, 0.1) is 5.69 Å². The van der Waals surface area contributed by atoms with Gasteiger partial charge >= 0.3 is 0 Å². The Morgan fingerprint density at radius 2 is 1.86 bits per heavy atom. The lowest BCUT2D eigenvalue weighted by molar-refractivity contribution is -0.111. The standard InChI is InChI=1S/C23H21N3O3/c1-24-23(28)18-5-4-7-19(15-18)26-22(27)13-10-17-8-11-21(12-9-17)29-16-20-6-2-3-14-25-20/h2-15H,16H2,1H3,(H,24,28)(H,26,27)/b13-10+. The van der Waals surface area contributed by atoms with E-state index < -0.39 is 0 Å². The number of carbonyl (C=O) groups excluding carboxylic acids is 2. The van der Waals surface area contributed by atoms with Crippen molar-refractivity contribution < 1.29 is 14.3 Å². The zero-order chi connectivity index (χ0) is 20.5. The Labute approximate surface area is 169 Å². The minimum atomic E-state index is -0.283. The molecule has 6 heteroatoms. The number of nitrogens with one attached hydrogen (secondary N) is 2. The molecular weight excluding hydrogens is 366 g/mol. The maximum Gasteiger partial charge on any atom is 0.251 e. The minimum Gasteiger partial charge on any atom is -0.487 e. The first-order chi connectivity index (χ1) is 14.1. The minimum absolute atomic E-state index is 0.206. The molecule has 6 nitrogen and oxygen atoms in total. The highest BCUT2D eigenvalue weighted by molar-refractivity contribution is 6.03. The summed E-state index contributed by atoms with van der Waals surface area (Å²) in [5, 5.41) is 5.30. The molecule has 0 atom stereocenters. The number of aromatic nitrogens is 1. The molecule has 3 rings (SSSR count). The van der Waals surface area contributed by atoms with Crippen LogP contribution in [0.2, 0.25) is 0 Å². The van der Waals surface area contributed by atoms with Crippen LogP contribution in [0.5, 0.6) is 5.75 Å². The van der Waals surface area contributed by atoms with Crippen molar-refractivity contribution in [2.75, 3.05) is 12.4 Å². The van der Waals surface area contributed by atoms with Gasteiger partial charge in [-0.15, -0.1) is 0 Å². The molecule has 2 amide bonds. The largest absolute Gasteiger partial charge is 0.487 e. The number of hydrogen-bond acceptors (Lipinski definition) is 4. The predicted molar refractivity (Wildman–Crippen MR) is 113 cm³/mol. The van der Waals surface area contributed by atoms with E-state index in [1.54, 1.807) is 43.6 Å². The molecule has 0 fully saturated rings. The first kappa shape index (κ1) is 19.8. The fourth-order valence-electron chi connectivity index (χ4n) is 2.55. The van der Waals surface area contributed by atoms with Gasteiger partial charge in [-0.05, 0) is 54.1 Å². The monoisotopic (exact) mass is 387 g/mol. The molecule has 3 aromatic rings. The van der Waals surface area contributed by atoms with Gasteiger partial charge in [0.15, 0.2) is 0 Å². The van der Waals surface area contributed by atoms with E-state index in [9.17, 15) is 9.59 Å². The van der Waals surface area contributed by atoms with Crippen LogP contribution in [0.3, 0.4) is 0 Å². The number of pyridine rings is 1. The van der Waals surface area contributed by atoms with Crippen molar-refractivity contribution in [1.29, 1.82) is 0 Å². The second-order valence-electron chi connectivity index (χ2n) is 6.16. The van der Waals surface area contributed by atoms with E-state index in [4.69, 9.17) is 4.74 Å². The fourth-order valence-corrected chi connectivity index (χ4v) is 2.55. The van der Waals surface area contributed by atoms with Crippen molar-refractivity contribution >= 4 is 23.6 Å². The summed E-state index contributed by atoms with van der Waals surface area (Å²) in [6.07, 6.45) is 4.88. The molecule has 0 spiro atoms. The Bertz CT molecular complexity index is 999. The molecule has 29 heavy (non-hydrogen) atoms. The van der Waals surface area contributed by atoms with Gasteiger partial charge in [-0.3, -0.25) is 14.6 Å². The summed E-state index contributed by atoms with van der Waals surface area (Å²) in [7, 11) is 1.56. The molecule has 2 N–H and O–H groups in total. The number of hydrogen-bond donors (Lipinski definition) is 2. The molecule has 0 aliphatic carbocycles. The molecule has 0 saturated heterocycles. The summed E-state index contributed by atoms with van der Waals surface area (Å²) in [4.78, 5) is 28.0. The maximum atomic E-state index is 12.1. The molecule has 1 heterocycles. The van der Waals surface area contributed by atoms with Crippen molar-refractivity contribution in [3.63, 3.8) is 0 Å². The number of nitrogens with zero attached hydrogens (tertiary/aromatic N) is 1. The highest BCUT2D eigenvalue weighted by Gasteiger charge is 2.05. The molecule has 0 unspecified atom stereocenters. The van der Waals surface area contributed by atoms with E-state index >= 15 is 0 Å². The summed E-state index contributed by atoms with van der Waals surface area (Å²) in [5.41, 5.74) is 2.76. The smallest absolute Gasteiger partial charge is 0.251 e. The molecule has 0 aliphatic rings. The lowest BCUT2D eigenvalue weighted by atomic mass is 10.2. The summed E-state index contributed by atoms with van der Waals surface area (Å²) in [6, 6.07) is 19.8. The molecule has 0 saturated carbocycles. The van der Waals surface area contributed by atoms with Crippen LogP contribution in [-0.2, 0) is 11.4 Å². The number of ether oxygens (including phenoxy) is 1. The molecule has 0 aliphatic heterocycles. The number of rotatable bonds is 7. The van der Waals surface area contributed by atoms with Crippen LogP contribution in [0.25, 0.3) is 6.08 Å². The van der Waals surface area contributed by atoms with Gasteiger partial charge in [-0.1, -0.05) is 24.3 Å². The highest BCUT2D eigenvalue weighted by atomic mass is 16.5. The molecule has 0 bridgehead atoms.